The largest absolute Gasteiger partial charge is 0.487 e. The predicted octanol–water partition coefficient (Wildman–Crippen LogP) is 5.25. The molecule has 8 nitrogen and oxygen atoms in total. The van der Waals surface area contributed by atoms with E-state index in [0.29, 0.717) is 45.5 Å². The van der Waals surface area contributed by atoms with E-state index in [2.05, 4.69) is 32.1 Å². The third kappa shape index (κ3) is 7.99. The van der Waals surface area contributed by atoms with E-state index < -0.39 is 0 Å². The molecule has 0 saturated carbocycles. The zero-order valence-corrected chi connectivity index (χ0v) is 22.8. The Morgan fingerprint density at radius 3 is 2.73 bits per heavy atom. The molecule has 0 aliphatic carbocycles. The SMILES string of the molecule is CN(C)C(CCC(N)=O)c1cccc(C#Cc2cncnc2Nc2ccc(OCc3cccc(F)c3)c(Cl)c2)n1. The highest BCUT2D eigenvalue weighted by Gasteiger charge is 2.16. The molecule has 0 fully saturated rings. The summed E-state index contributed by atoms with van der Waals surface area (Å²) < 4.78 is 19.2. The molecule has 40 heavy (non-hydrogen) atoms. The molecule has 0 saturated heterocycles. The van der Waals surface area contributed by atoms with Crippen LogP contribution >= 0.6 is 11.6 Å². The van der Waals surface area contributed by atoms with Gasteiger partial charge in [-0.3, -0.25) is 4.79 Å². The Bertz CT molecular complexity index is 1550. The van der Waals surface area contributed by atoms with Gasteiger partial charge in [0.05, 0.1) is 22.3 Å². The lowest BCUT2D eigenvalue weighted by atomic mass is 10.1. The summed E-state index contributed by atoms with van der Waals surface area (Å²) in [7, 11) is 3.86. The number of pyridine rings is 1. The van der Waals surface area contributed by atoms with Crippen molar-refractivity contribution in [3.8, 4) is 17.6 Å². The number of nitrogens with zero attached hydrogens (tertiary/aromatic N) is 4. The van der Waals surface area contributed by atoms with Crippen molar-refractivity contribution >= 4 is 29.0 Å². The summed E-state index contributed by atoms with van der Waals surface area (Å²) in [6, 6.07) is 17.0. The summed E-state index contributed by atoms with van der Waals surface area (Å²) in [6.45, 7) is 0.186. The molecule has 1 atom stereocenters. The number of anilines is 2. The summed E-state index contributed by atoms with van der Waals surface area (Å²) in [5, 5.41) is 3.60. The number of halogens is 2. The van der Waals surface area contributed by atoms with Gasteiger partial charge in [-0.2, -0.15) is 0 Å². The van der Waals surface area contributed by atoms with Gasteiger partial charge in [-0.1, -0.05) is 35.7 Å². The van der Waals surface area contributed by atoms with E-state index in [1.54, 1.807) is 36.5 Å². The molecule has 0 aliphatic heterocycles. The van der Waals surface area contributed by atoms with E-state index in [0.717, 1.165) is 5.69 Å². The van der Waals surface area contributed by atoms with E-state index in [1.165, 1.54) is 18.5 Å². The Labute approximate surface area is 237 Å². The van der Waals surface area contributed by atoms with Crippen LogP contribution in [0.5, 0.6) is 5.75 Å². The van der Waals surface area contributed by atoms with Crippen LogP contribution in [0.2, 0.25) is 5.02 Å². The van der Waals surface area contributed by atoms with E-state index in [9.17, 15) is 9.18 Å². The molecular weight excluding hydrogens is 531 g/mol. The number of amides is 1. The Morgan fingerprint density at radius 1 is 1.15 bits per heavy atom. The maximum Gasteiger partial charge on any atom is 0.217 e. The second-order valence-corrected chi connectivity index (χ2v) is 9.56. The van der Waals surface area contributed by atoms with Gasteiger partial charge in [-0.05, 0) is 74.5 Å². The first-order valence-corrected chi connectivity index (χ1v) is 12.8. The third-order valence-corrected chi connectivity index (χ3v) is 6.21. The van der Waals surface area contributed by atoms with Crippen LogP contribution in [0.3, 0.4) is 0 Å². The van der Waals surface area contributed by atoms with Crippen molar-refractivity contribution in [2.24, 2.45) is 5.73 Å². The van der Waals surface area contributed by atoms with Gasteiger partial charge in [-0.25, -0.2) is 19.3 Å². The second-order valence-electron chi connectivity index (χ2n) is 9.16. The molecule has 1 amide bonds. The van der Waals surface area contributed by atoms with E-state index in [-0.39, 0.29) is 30.8 Å². The lowest BCUT2D eigenvalue weighted by Crippen LogP contribution is -2.23. The fourth-order valence-electron chi connectivity index (χ4n) is 3.93. The molecule has 4 aromatic rings. The summed E-state index contributed by atoms with van der Waals surface area (Å²) in [5.41, 5.74) is 8.65. The van der Waals surface area contributed by atoms with E-state index in [4.69, 9.17) is 22.1 Å². The standard InChI is InChI=1S/C30H28ClFN6O2/c1-38(2)27(12-14-29(33)39)26-8-4-7-23(36-26)10-9-21-17-34-19-35-30(21)37-24-11-13-28(25(31)16-24)40-18-20-5-3-6-22(32)15-20/h3-8,11,13,15-17,19,27H,12,14,18H2,1-2H3,(H2,33,39)(H,34,35,37). The summed E-state index contributed by atoms with van der Waals surface area (Å²) in [6.07, 6.45) is 3.86. The van der Waals surface area contributed by atoms with Crippen LogP contribution in [0.25, 0.3) is 0 Å². The molecule has 2 aromatic carbocycles. The lowest BCUT2D eigenvalue weighted by Gasteiger charge is -2.23. The first kappa shape index (κ1) is 28.5. The number of hydrogen-bond donors (Lipinski definition) is 2. The third-order valence-electron chi connectivity index (χ3n) is 5.92. The number of rotatable bonds is 10. The zero-order chi connectivity index (χ0) is 28.5. The van der Waals surface area contributed by atoms with Gasteiger partial charge < -0.3 is 20.7 Å². The molecule has 0 radical (unpaired) electrons. The molecule has 10 heteroatoms. The van der Waals surface area contributed by atoms with E-state index in [1.807, 2.05) is 37.2 Å². The highest BCUT2D eigenvalue weighted by atomic mass is 35.5. The smallest absolute Gasteiger partial charge is 0.217 e. The Balaban J connectivity index is 1.48. The average Bonchev–Trinajstić information content (AvgIpc) is 2.92. The number of hydrogen-bond acceptors (Lipinski definition) is 7. The Hall–Kier alpha value is -4.52. The summed E-state index contributed by atoms with van der Waals surface area (Å²) >= 11 is 6.44. The molecule has 3 N–H and O–H groups in total. The number of aromatic nitrogens is 3. The average molecular weight is 559 g/mol. The number of benzene rings is 2. The Kier molecular flexibility index (Phi) is 9.62. The van der Waals surface area contributed by atoms with Crippen molar-refractivity contribution in [1.82, 2.24) is 19.9 Å². The molecule has 1 unspecified atom stereocenters. The van der Waals surface area contributed by atoms with Crippen LogP contribution in [0, 0.1) is 17.7 Å². The van der Waals surface area contributed by atoms with E-state index >= 15 is 0 Å². The van der Waals surface area contributed by atoms with Gasteiger partial charge >= 0.3 is 0 Å². The van der Waals surface area contributed by atoms with Gasteiger partial charge in [0.15, 0.2) is 0 Å². The minimum Gasteiger partial charge on any atom is -0.487 e. The summed E-state index contributed by atoms with van der Waals surface area (Å²) in [4.78, 5) is 26.4. The maximum atomic E-state index is 13.4. The second kappa shape index (κ2) is 13.5. The fraction of sp³-hybridized carbons (Fsp3) is 0.200. The van der Waals surface area contributed by atoms with Crippen molar-refractivity contribution < 1.29 is 13.9 Å². The maximum absolute atomic E-state index is 13.4. The molecule has 2 aromatic heterocycles. The zero-order valence-electron chi connectivity index (χ0n) is 22.1. The predicted molar refractivity (Wildman–Crippen MR) is 153 cm³/mol. The minimum absolute atomic E-state index is 0.0721. The molecule has 0 spiro atoms. The van der Waals surface area contributed by atoms with Crippen molar-refractivity contribution in [2.75, 3.05) is 19.4 Å². The van der Waals surface area contributed by atoms with Crippen molar-refractivity contribution in [3.05, 3.63) is 107 Å². The van der Waals surface area contributed by atoms with Crippen molar-refractivity contribution in [2.45, 2.75) is 25.5 Å². The first-order chi connectivity index (χ1) is 19.3. The first-order valence-electron chi connectivity index (χ1n) is 12.5. The van der Waals surface area contributed by atoms with Crippen molar-refractivity contribution in [3.63, 3.8) is 0 Å². The van der Waals surface area contributed by atoms with Crippen LogP contribution in [0.4, 0.5) is 15.9 Å². The number of ether oxygens (including phenoxy) is 1. The summed E-state index contributed by atoms with van der Waals surface area (Å²) in [5.74, 6) is 6.46. The molecular formula is C30H28ClFN6O2. The van der Waals surface area contributed by atoms with Gasteiger partial charge in [0.2, 0.25) is 5.91 Å². The highest BCUT2D eigenvalue weighted by molar-refractivity contribution is 6.32. The van der Waals surface area contributed by atoms with Gasteiger partial charge in [0.1, 0.15) is 36.0 Å². The van der Waals surface area contributed by atoms with Crippen LogP contribution in [-0.4, -0.2) is 39.9 Å². The molecule has 0 bridgehead atoms. The quantitative estimate of drug-likeness (QED) is 0.256. The van der Waals surface area contributed by atoms with Crippen LogP contribution in [-0.2, 0) is 11.4 Å². The fourth-order valence-corrected chi connectivity index (χ4v) is 4.16. The number of primary amides is 1. The van der Waals surface area contributed by atoms with Gasteiger partial charge in [0, 0.05) is 18.3 Å². The number of carbonyl (C=O) groups excluding carboxylic acids is 1. The van der Waals surface area contributed by atoms with Gasteiger partial charge in [-0.15, -0.1) is 0 Å². The molecule has 2 heterocycles. The monoisotopic (exact) mass is 558 g/mol. The number of nitrogens with two attached hydrogens (primary N) is 1. The van der Waals surface area contributed by atoms with Gasteiger partial charge in [0.25, 0.3) is 0 Å². The topological polar surface area (TPSA) is 106 Å². The number of carbonyl (C=O) groups is 1. The molecule has 204 valence electrons. The van der Waals surface area contributed by atoms with Crippen LogP contribution in [0.1, 0.15) is 41.4 Å². The Morgan fingerprint density at radius 2 is 1.98 bits per heavy atom. The molecule has 4 rings (SSSR count). The number of nitrogens with one attached hydrogen (secondary N) is 1. The lowest BCUT2D eigenvalue weighted by molar-refractivity contribution is -0.118. The van der Waals surface area contributed by atoms with Crippen LogP contribution < -0.4 is 15.8 Å². The van der Waals surface area contributed by atoms with Crippen molar-refractivity contribution in [1.29, 1.82) is 0 Å². The normalized spacial score (nSPS) is 11.4. The van der Waals surface area contributed by atoms with Crippen LogP contribution in [0.15, 0.2) is 73.2 Å². The highest BCUT2D eigenvalue weighted by Crippen LogP contribution is 2.30. The molecule has 0 aliphatic rings. The minimum atomic E-state index is -0.348.